The van der Waals surface area contributed by atoms with Gasteiger partial charge in [0.1, 0.15) is 12.4 Å². The maximum Gasteiger partial charge on any atom is 0.341 e. The molecule has 3 nitrogen and oxygen atoms in total. The van der Waals surface area contributed by atoms with Crippen molar-refractivity contribution in [2.24, 2.45) is 0 Å². The molecule has 4 heteroatoms. The number of aryl methyl sites for hydroxylation is 1. The van der Waals surface area contributed by atoms with Gasteiger partial charge in [0.05, 0.1) is 12.2 Å². The van der Waals surface area contributed by atoms with Crippen LogP contribution >= 0.6 is 0 Å². The molecule has 0 aromatic heterocycles. The topological polar surface area (TPSA) is 35.5 Å². The molecule has 1 aromatic carbocycles. The van der Waals surface area contributed by atoms with Gasteiger partial charge in [0.2, 0.25) is 0 Å². The largest absolute Gasteiger partial charge is 0.460 e. The van der Waals surface area contributed by atoms with Gasteiger partial charge in [-0.2, -0.15) is 0 Å². The summed E-state index contributed by atoms with van der Waals surface area (Å²) in [7, 11) is 0. The molecule has 0 N–H and O–H groups in total. The van der Waals surface area contributed by atoms with E-state index in [4.69, 9.17) is 9.47 Å². The summed E-state index contributed by atoms with van der Waals surface area (Å²) in [6.07, 6.45) is 2.05. The van der Waals surface area contributed by atoms with Crippen LogP contribution in [0.25, 0.3) is 0 Å². The first kappa shape index (κ1) is 14.6. The molecule has 0 aliphatic rings. The van der Waals surface area contributed by atoms with Gasteiger partial charge >= 0.3 is 5.97 Å². The molecule has 0 radical (unpaired) electrons. The van der Waals surface area contributed by atoms with Crippen molar-refractivity contribution in [3.63, 3.8) is 0 Å². The molecule has 1 rings (SSSR count). The summed E-state index contributed by atoms with van der Waals surface area (Å²) in [5, 5.41) is 0. The molecule has 0 spiro atoms. The highest BCUT2D eigenvalue weighted by Gasteiger charge is 2.14. The number of halogens is 1. The minimum Gasteiger partial charge on any atom is -0.460 e. The molecule has 100 valence electrons. The predicted molar refractivity (Wildman–Crippen MR) is 67.1 cm³/mol. The molecule has 0 heterocycles. The third-order valence-corrected chi connectivity index (χ3v) is 2.51. The Labute approximate surface area is 107 Å². The number of rotatable bonds is 7. The fourth-order valence-electron chi connectivity index (χ4n) is 1.42. The molecule has 0 atom stereocenters. The van der Waals surface area contributed by atoms with Crippen molar-refractivity contribution in [2.45, 2.75) is 26.7 Å². The van der Waals surface area contributed by atoms with E-state index < -0.39 is 11.8 Å². The van der Waals surface area contributed by atoms with E-state index in [1.165, 1.54) is 6.07 Å². The van der Waals surface area contributed by atoms with E-state index in [0.717, 1.165) is 12.8 Å². The Morgan fingerprint density at radius 3 is 2.78 bits per heavy atom. The predicted octanol–water partition coefficient (Wildman–Crippen LogP) is 3.11. The van der Waals surface area contributed by atoms with Crippen LogP contribution in [0.4, 0.5) is 4.39 Å². The summed E-state index contributed by atoms with van der Waals surface area (Å²) in [4.78, 5) is 11.6. The van der Waals surface area contributed by atoms with Gasteiger partial charge < -0.3 is 9.47 Å². The van der Waals surface area contributed by atoms with E-state index in [1.807, 2.05) is 0 Å². The van der Waals surface area contributed by atoms with E-state index in [9.17, 15) is 9.18 Å². The van der Waals surface area contributed by atoms with Gasteiger partial charge in [-0.1, -0.05) is 25.5 Å². The van der Waals surface area contributed by atoms with Gasteiger partial charge in [0, 0.05) is 6.61 Å². The van der Waals surface area contributed by atoms with Crippen molar-refractivity contribution >= 4 is 5.97 Å². The first-order valence-corrected chi connectivity index (χ1v) is 6.16. The standard InChI is InChI=1S/C14H19FO3/c1-3-4-8-17-9-10-18-14(16)12-7-5-6-11(2)13(12)15/h5-7H,3-4,8-10H2,1-2H3. The van der Waals surface area contributed by atoms with E-state index in [-0.39, 0.29) is 12.2 Å². The lowest BCUT2D eigenvalue weighted by Gasteiger charge is -2.07. The second kappa shape index (κ2) is 7.82. The highest BCUT2D eigenvalue weighted by atomic mass is 19.1. The molecule has 0 aliphatic heterocycles. The number of benzene rings is 1. The fourth-order valence-corrected chi connectivity index (χ4v) is 1.42. The first-order chi connectivity index (χ1) is 8.66. The zero-order valence-corrected chi connectivity index (χ0v) is 10.9. The smallest absolute Gasteiger partial charge is 0.341 e. The number of ether oxygens (including phenoxy) is 2. The van der Waals surface area contributed by atoms with Crippen molar-refractivity contribution in [3.05, 3.63) is 35.1 Å². The highest BCUT2D eigenvalue weighted by molar-refractivity contribution is 5.89. The Morgan fingerprint density at radius 1 is 1.28 bits per heavy atom. The lowest BCUT2D eigenvalue weighted by Crippen LogP contribution is -2.13. The molecular formula is C14H19FO3. The molecule has 0 bridgehead atoms. The average Bonchev–Trinajstić information content (AvgIpc) is 2.36. The van der Waals surface area contributed by atoms with Crippen molar-refractivity contribution in [2.75, 3.05) is 19.8 Å². The minimum atomic E-state index is -0.643. The number of carbonyl (C=O) groups is 1. The van der Waals surface area contributed by atoms with Gasteiger partial charge in [0.25, 0.3) is 0 Å². The van der Waals surface area contributed by atoms with Crippen LogP contribution in [0.15, 0.2) is 18.2 Å². The van der Waals surface area contributed by atoms with Crippen LogP contribution in [-0.2, 0) is 9.47 Å². The SMILES string of the molecule is CCCCOCCOC(=O)c1cccc(C)c1F. The van der Waals surface area contributed by atoms with Crippen molar-refractivity contribution < 1.29 is 18.7 Å². The van der Waals surface area contributed by atoms with Crippen LogP contribution in [0.3, 0.4) is 0 Å². The second-order valence-electron chi connectivity index (χ2n) is 4.04. The van der Waals surface area contributed by atoms with E-state index >= 15 is 0 Å². The Balaban J connectivity index is 2.35. The van der Waals surface area contributed by atoms with E-state index in [2.05, 4.69) is 6.92 Å². The molecule has 0 aliphatic carbocycles. The van der Waals surface area contributed by atoms with Gasteiger partial charge in [-0.15, -0.1) is 0 Å². The van der Waals surface area contributed by atoms with Crippen LogP contribution < -0.4 is 0 Å². The normalized spacial score (nSPS) is 10.4. The van der Waals surface area contributed by atoms with Crippen LogP contribution in [0.2, 0.25) is 0 Å². The number of unbranched alkanes of at least 4 members (excludes halogenated alkanes) is 1. The average molecular weight is 254 g/mol. The second-order valence-corrected chi connectivity index (χ2v) is 4.04. The Kier molecular flexibility index (Phi) is 6.36. The monoisotopic (exact) mass is 254 g/mol. The molecular weight excluding hydrogens is 235 g/mol. The fraction of sp³-hybridized carbons (Fsp3) is 0.500. The van der Waals surface area contributed by atoms with E-state index in [1.54, 1.807) is 19.1 Å². The summed E-state index contributed by atoms with van der Waals surface area (Å²) >= 11 is 0. The molecule has 1 aromatic rings. The Morgan fingerprint density at radius 2 is 2.06 bits per heavy atom. The summed E-state index contributed by atoms with van der Waals surface area (Å²) in [5.74, 6) is -1.16. The van der Waals surface area contributed by atoms with Crippen LogP contribution in [0.5, 0.6) is 0 Å². The quantitative estimate of drug-likeness (QED) is 0.554. The van der Waals surface area contributed by atoms with E-state index in [0.29, 0.717) is 18.8 Å². The van der Waals surface area contributed by atoms with Gasteiger partial charge in [-0.25, -0.2) is 9.18 Å². The molecule has 0 saturated heterocycles. The number of hydrogen-bond donors (Lipinski definition) is 0. The van der Waals surface area contributed by atoms with Crippen molar-refractivity contribution in [3.8, 4) is 0 Å². The highest BCUT2D eigenvalue weighted by Crippen LogP contribution is 2.12. The van der Waals surface area contributed by atoms with Crippen LogP contribution in [0, 0.1) is 12.7 Å². The minimum absolute atomic E-state index is 0.0245. The summed E-state index contributed by atoms with van der Waals surface area (Å²) < 4.78 is 23.8. The van der Waals surface area contributed by atoms with Gasteiger partial charge in [-0.05, 0) is 25.0 Å². The summed E-state index contributed by atoms with van der Waals surface area (Å²) in [5.41, 5.74) is 0.409. The first-order valence-electron chi connectivity index (χ1n) is 6.16. The molecule has 0 fully saturated rings. The van der Waals surface area contributed by atoms with Gasteiger partial charge in [0.15, 0.2) is 0 Å². The summed E-state index contributed by atoms with van der Waals surface area (Å²) in [6, 6.07) is 4.66. The maximum atomic E-state index is 13.6. The summed E-state index contributed by atoms with van der Waals surface area (Å²) in [6.45, 7) is 4.84. The zero-order valence-electron chi connectivity index (χ0n) is 10.9. The van der Waals surface area contributed by atoms with Crippen LogP contribution in [-0.4, -0.2) is 25.8 Å². The zero-order chi connectivity index (χ0) is 13.4. The molecule has 0 unspecified atom stereocenters. The Hall–Kier alpha value is -1.42. The lowest BCUT2D eigenvalue weighted by molar-refractivity contribution is 0.0309. The third kappa shape index (κ3) is 4.45. The van der Waals surface area contributed by atoms with Crippen molar-refractivity contribution in [1.29, 1.82) is 0 Å². The number of esters is 1. The Bertz CT molecular complexity index is 391. The molecule has 18 heavy (non-hydrogen) atoms. The maximum absolute atomic E-state index is 13.6. The van der Waals surface area contributed by atoms with Crippen molar-refractivity contribution in [1.82, 2.24) is 0 Å². The number of carbonyl (C=O) groups excluding carboxylic acids is 1. The third-order valence-electron chi connectivity index (χ3n) is 2.51. The van der Waals surface area contributed by atoms with Gasteiger partial charge in [-0.3, -0.25) is 0 Å². The van der Waals surface area contributed by atoms with Crippen LogP contribution in [0.1, 0.15) is 35.7 Å². The molecule has 0 saturated carbocycles. The molecule has 0 amide bonds. The number of hydrogen-bond acceptors (Lipinski definition) is 3. The lowest BCUT2D eigenvalue weighted by atomic mass is 10.1.